The molecule has 0 bridgehead atoms. The van der Waals surface area contributed by atoms with E-state index in [4.69, 9.17) is 9.15 Å². The fraction of sp³-hybridized carbons (Fsp3) is 0.462. The van der Waals surface area contributed by atoms with Crippen LogP contribution in [0.4, 0.5) is 0 Å². The molecule has 0 aliphatic carbocycles. The van der Waals surface area contributed by atoms with Gasteiger partial charge in [-0.25, -0.2) is 4.79 Å². The predicted octanol–water partition coefficient (Wildman–Crippen LogP) is 2.18. The van der Waals surface area contributed by atoms with Crippen LogP contribution < -0.4 is 0 Å². The number of likely N-dealkylation sites (N-methyl/N-ethyl adjacent to an activating group) is 1. The minimum Gasteiger partial charge on any atom is -0.465 e. The normalized spacial score (nSPS) is 11.6. The van der Waals surface area contributed by atoms with Crippen molar-refractivity contribution in [2.45, 2.75) is 19.9 Å². The summed E-state index contributed by atoms with van der Waals surface area (Å²) in [5, 5.41) is 0. The number of nitrogens with zero attached hydrogens (tertiary/aromatic N) is 1. The Hall–Kier alpha value is -1.55. The van der Waals surface area contributed by atoms with Crippen LogP contribution >= 0.6 is 0 Å². The molecule has 0 aromatic carbocycles. The van der Waals surface area contributed by atoms with E-state index in [9.17, 15) is 4.79 Å². The lowest BCUT2D eigenvalue weighted by Gasteiger charge is -2.20. The van der Waals surface area contributed by atoms with Crippen LogP contribution in [-0.2, 0) is 9.53 Å². The van der Waals surface area contributed by atoms with Gasteiger partial charge in [0.2, 0.25) is 0 Å². The number of hydrogen-bond donors (Lipinski definition) is 0. The van der Waals surface area contributed by atoms with Crippen molar-refractivity contribution in [2.24, 2.45) is 0 Å². The van der Waals surface area contributed by atoms with E-state index in [0.29, 0.717) is 18.4 Å². The Morgan fingerprint density at radius 1 is 1.59 bits per heavy atom. The summed E-state index contributed by atoms with van der Waals surface area (Å²) >= 11 is 0. The van der Waals surface area contributed by atoms with Crippen LogP contribution in [0.3, 0.4) is 0 Å². The number of hydrogen-bond acceptors (Lipinski definition) is 4. The minimum absolute atomic E-state index is 0.349. The molecule has 0 aliphatic heterocycles. The first-order chi connectivity index (χ1) is 8.09. The van der Waals surface area contributed by atoms with Gasteiger partial charge in [0.05, 0.1) is 6.26 Å². The van der Waals surface area contributed by atoms with Crippen molar-refractivity contribution in [3.8, 4) is 0 Å². The molecule has 0 N–H and O–H groups in total. The summed E-state index contributed by atoms with van der Waals surface area (Å²) in [5.74, 6) is 0.291. The van der Waals surface area contributed by atoms with E-state index in [0.717, 1.165) is 6.54 Å². The van der Waals surface area contributed by atoms with Gasteiger partial charge in [-0.15, -0.1) is 0 Å². The van der Waals surface area contributed by atoms with E-state index >= 15 is 0 Å². The van der Waals surface area contributed by atoms with Crippen LogP contribution in [0.2, 0.25) is 0 Å². The maximum absolute atomic E-state index is 11.3. The lowest BCUT2D eigenvalue weighted by atomic mass is 10.3. The zero-order chi connectivity index (χ0) is 12.7. The highest BCUT2D eigenvalue weighted by atomic mass is 16.5. The maximum atomic E-state index is 11.3. The smallest absolute Gasteiger partial charge is 0.330 e. The Bertz CT molecular complexity index is 355. The molecule has 0 radical (unpaired) electrons. The van der Waals surface area contributed by atoms with Gasteiger partial charge in [0.15, 0.2) is 0 Å². The second-order valence-corrected chi connectivity index (χ2v) is 4.09. The van der Waals surface area contributed by atoms with Crippen LogP contribution in [0.1, 0.15) is 19.6 Å². The van der Waals surface area contributed by atoms with Crippen LogP contribution in [0.25, 0.3) is 6.08 Å². The van der Waals surface area contributed by atoms with Crippen molar-refractivity contribution in [2.75, 3.05) is 20.2 Å². The number of carbonyl (C=O) groups excluding carboxylic acids is 1. The Balaban J connectivity index is 2.22. The van der Waals surface area contributed by atoms with Gasteiger partial charge in [0.25, 0.3) is 0 Å². The van der Waals surface area contributed by atoms with Crippen LogP contribution in [0, 0.1) is 0 Å². The first-order valence-electron chi connectivity index (χ1n) is 5.68. The summed E-state index contributed by atoms with van der Waals surface area (Å²) in [4.78, 5) is 13.4. The second-order valence-electron chi connectivity index (χ2n) is 4.09. The van der Waals surface area contributed by atoms with Gasteiger partial charge < -0.3 is 14.1 Å². The van der Waals surface area contributed by atoms with E-state index in [1.807, 2.05) is 7.05 Å². The van der Waals surface area contributed by atoms with Gasteiger partial charge >= 0.3 is 5.97 Å². The van der Waals surface area contributed by atoms with Crippen molar-refractivity contribution in [1.82, 2.24) is 4.90 Å². The Morgan fingerprint density at radius 2 is 2.35 bits per heavy atom. The van der Waals surface area contributed by atoms with Crippen LogP contribution in [-0.4, -0.2) is 37.1 Å². The largest absolute Gasteiger partial charge is 0.465 e. The van der Waals surface area contributed by atoms with Crippen molar-refractivity contribution < 1.29 is 13.9 Å². The number of carbonyl (C=O) groups is 1. The molecule has 0 saturated carbocycles. The Kier molecular flexibility index (Phi) is 5.49. The third-order valence-corrected chi connectivity index (χ3v) is 2.50. The average molecular weight is 237 g/mol. The Morgan fingerprint density at radius 3 is 2.94 bits per heavy atom. The van der Waals surface area contributed by atoms with Crippen molar-refractivity contribution >= 4 is 12.0 Å². The van der Waals surface area contributed by atoms with E-state index in [2.05, 4.69) is 18.7 Å². The maximum Gasteiger partial charge on any atom is 0.330 e. The topological polar surface area (TPSA) is 42.7 Å². The highest BCUT2D eigenvalue weighted by Gasteiger charge is 2.04. The number of ether oxygens (including phenoxy) is 1. The molecular formula is C13H19NO3. The zero-order valence-corrected chi connectivity index (χ0v) is 10.6. The van der Waals surface area contributed by atoms with Crippen molar-refractivity contribution in [3.05, 3.63) is 30.2 Å². The summed E-state index contributed by atoms with van der Waals surface area (Å²) in [6.07, 6.45) is 4.52. The molecule has 0 amide bonds. The first kappa shape index (κ1) is 13.5. The number of furan rings is 1. The van der Waals surface area contributed by atoms with Crippen molar-refractivity contribution in [1.29, 1.82) is 0 Å². The van der Waals surface area contributed by atoms with Gasteiger partial charge in [-0.05, 0) is 39.1 Å². The third kappa shape index (κ3) is 5.36. The average Bonchev–Trinajstić information content (AvgIpc) is 2.78. The summed E-state index contributed by atoms with van der Waals surface area (Å²) in [6, 6.07) is 3.99. The molecule has 4 heteroatoms. The third-order valence-electron chi connectivity index (χ3n) is 2.50. The molecule has 1 heterocycles. The van der Waals surface area contributed by atoms with Gasteiger partial charge in [-0.3, -0.25) is 0 Å². The lowest BCUT2D eigenvalue weighted by Crippen LogP contribution is -2.30. The van der Waals surface area contributed by atoms with Gasteiger partial charge in [-0.1, -0.05) is 0 Å². The molecule has 0 saturated heterocycles. The molecule has 1 rings (SSSR count). The minimum atomic E-state index is -0.349. The monoisotopic (exact) mass is 237 g/mol. The highest BCUT2D eigenvalue weighted by molar-refractivity contribution is 5.86. The van der Waals surface area contributed by atoms with Gasteiger partial charge in [0, 0.05) is 18.7 Å². The summed E-state index contributed by atoms with van der Waals surface area (Å²) in [5.41, 5.74) is 0. The quantitative estimate of drug-likeness (QED) is 0.562. The predicted molar refractivity (Wildman–Crippen MR) is 66.5 cm³/mol. The summed E-state index contributed by atoms with van der Waals surface area (Å²) < 4.78 is 10.1. The molecular weight excluding hydrogens is 218 g/mol. The van der Waals surface area contributed by atoms with Crippen LogP contribution in [0.15, 0.2) is 28.9 Å². The zero-order valence-electron chi connectivity index (χ0n) is 10.6. The first-order valence-corrected chi connectivity index (χ1v) is 5.68. The van der Waals surface area contributed by atoms with E-state index in [1.54, 1.807) is 24.5 Å². The SMILES string of the molecule is CC(C)N(C)CCOC(=O)C=Cc1ccco1. The summed E-state index contributed by atoms with van der Waals surface area (Å²) in [6.45, 7) is 5.32. The molecule has 0 spiro atoms. The molecule has 0 fully saturated rings. The van der Waals surface area contributed by atoms with E-state index in [-0.39, 0.29) is 5.97 Å². The standard InChI is InChI=1S/C13H19NO3/c1-11(2)14(3)8-10-17-13(15)7-6-12-5-4-9-16-12/h4-7,9,11H,8,10H2,1-3H3. The lowest BCUT2D eigenvalue weighted by molar-refractivity contribution is -0.138. The fourth-order valence-electron chi connectivity index (χ4n) is 1.13. The molecule has 94 valence electrons. The van der Waals surface area contributed by atoms with Crippen LogP contribution in [0.5, 0.6) is 0 Å². The molecule has 0 atom stereocenters. The second kappa shape index (κ2) is 6.91. The van der Waals surface area contributed by atoms with Gasteiger partial charge in [-0.2, -0.15) is 0 Å². The number of rotatable bonds is 6. The molecule has 1 aromatic rings. The fourth-order valence-corrected chi connectivity index (χ4v) is 1.13. The molecule has 4 nitrogen and oxygen atoms in total. The Labute approximate surface area is 102 Å². The van der Waals surface area contributed by atoms with E-state index in [1.165, 1.54) is 6.08 Å². The molecule has 1 aromatic heterocycles. The highest BCUT2D eigenvalue weighted by Crippen LogP contribution is 2.02. The van der Waals surface area contributed by atoms with E-state index < -0.39 is 0 Å². The number of esters is 1. The van der Waals surface area contributed by atoms with Gasteiger partial charge in [0.1, 0.15) is 12.4 Å². The molecule has 17 heavy (non-hydrogen) atoms. The molecule has 0 unspecified atom stereocenters. The summed E-state index contributed by atoms with van der Waals surface area (Å²) in [7, 11) is 2.00. The molecule has 0 aliphatic rings. The van der Waals surface area contributed by atoms with Crippen molar-refractivity contribution in [3.63, 3.8) is 0 Å².